The van der Waals surface area contributed by atoms with E-state index >= 15 is 0 Å². The predicted molar refractivity (Wildman–Crippen MR) is 60.1 cm³/mol. The number of amides is 1. The Labute approximate surface area is 99.0 Å². The van der Waals surface area contributed by atoms with Gasteiger partial charge >= 0.3 is 5.97 Å². The third kappa shape index (κ3) is 3.10. The fourth-order valence-electron chi connectivity index (χ4n) is 1.82. The van der Waals surface area contributed by atoms with Crippen LogP contribution in [-0.2, 0) is 9.59 Å². The minimum absolute atomic E-state index is 0.184. The zero-order chi connectivity index (χ0) is 13.0. The smallest absolute Gasteiger partial charge is 0.307 e. The quantitative estimate of drug-likeness (QED) is 0.454. The van der Waals surface area contributed by atoms with Gasteiger partial charge in [-0.3, -0.25) is 9.59 Å². The van der Waals surface area contributed by atoms with E-state index in [2.05, 4.69) is 10.0 Å². The van der Waals surface area contributed by atoms with Crippen molar-refractivity contribution in [2.45, 2.75) is 26.3 Å². The largest absolute Gasteiger partial charge is 0.481 e. The van der Waals surface area contributed by atoms with Crippen LogP contribution in [0, 0.1) is 11.8 Å². The molecule has 0 bridgehead atoms. The summed E-state index contributed by atoms with van der Waals surface area (Å²) in [6.07, 6.45) is 0.643. The molecule has 0 spiro atoms. The molecule has 0 aromatic carbocycles. The Balaban J connectivity index is 2.60. The van der Waals surface area contributed by atoms with E-state index in [-0.39, 0.29) is 11.9 Å². The Bertz CT molecular complexity index is 365. The minimum Gasteiger partial charge on any atom is -0.481 e. The molecule has 1 N–H and O–H groups in total. The van der Waals surface area contributed by atoms with Crippen molar-refractivity contribution in [3.05, 3.63) is 10.4 Å². The number of aliphatic carboxylic acids is 1. The number of carbonyl (C=O) groups excluding carboxylic acids is 1. The molecule has 3 unspecified atom stereocenters. The number of azide groups is 1. The second-order valence-corrected chi connectivity index (χ2v) is 4.35. The third-order valence-electron chi connectivity index (χ3n) is 3.22. The van der Waals surface area contributed by atoms with Crippen molar-refractivity contribution in [2.24, 2.45) is 17.0 Å². The van der Waals surface area contributed by atoms with Gasteiger partial charge in [0.25, 0.3) is 0 Å². The first-order valence-corrected chi connectivity index (χ1v) is 5.53. The zero-order valence-corrected chi connectivity index (χ0v) is 9.91. The van der Waals surface area contributed by atoms with E-state index in [0.29, 0.717) is 19.5 Å². The molecule has 3 atom stereocenters. The second kappa shape index (κ2) is 5.54. The van der Waals surface area contributed by atoms with Gasteiger partial charge in [-0.2, -0.15) is 0 Å². The first-order valence-electron chi connectivity index (χ1n) is 5.53. The lowest BCUT2D eigenvalue weighted by Crippen LogP contribution is -2.38. The molecule has 0 aromatic heterocycles. The molecule has 1 heterocycles. The van der Waals surface area contributed by atoms with Crippen molar-refractivity contribution in [3.8, 4) is 0 Å². The van der Waals surface area contributed by atoms with Crippen molar-refractivity contribution in [1.82, 2.24) is 4.90 Å². The third-order valence-corrected chi connectivity index (χ3v) is 3.22. The maximum Gasteiger partial charge on any atom is 0.307 e. The molecule has 0 radical (unpaired) electrons. The highest BCUT2D eigenvalue weighted by atomic mass is 16.4. The van der Waals surface area contributed by atoms with Gasteiger partial charge in [-0.05, 0) is 12.0 Å². The molecule has 1 fully saturated rings. The van der Waals surface area contributed by atoms with E-state index in [1.165, 1.54) is 6.92 Å². The first-order chi connectivity index (χ1) is 7.97. The van der Waals surface area contributed by atoms with E-state index < -0.39 is 17.8 Å². The fraction of sp³-hybridized carbons (Fsp3) is 0.800. The molecule has 94 valence electrons. The van der Waals surface area contributed by atoms with Crippen LogP contribution in [-0.4, -0.2) is 41.0 Å². The average Bonchev–Trinajstić information content (AvgIpc) is 2.75. The Morgan fingerprint density at radius 2 is 2.12 bits per heavy atom. The average molecular weight is 240 g/mol. The molecule has 7 nitrogen and oxygen atoms in total. The van der Waals surface area contributed by atoms with Crippen molar-refractivity contribution in [3.63, 3.8) is 0 Å². The molecular weight excluding hydrogens is 224 g/mol. The summed E-state index contributed by atoms with van der Waals surface area (Å²) in [7, 11) is 0. The molecular formula is C10H16N4O3. The van der Waals surface area contributed by atoms with Crippen LogP contribution >= 0.6 is 0 Å². The summed E-state index contributed by atoms with van der Waals surface area (Å²) in [5.74, 6) is -2.43. The lowest BCUT2D eigenvalue weighted by Gasteiger charge is -2.22. The summed E-state index contributed by atoms with van der Waals surface area (Å²) in [6, 6.07) is -0.184. The zero-order valence-electron chi connectivity index (χ0n) is 9.91. The molecule has 1 aliphatic heterocycles. The van der Waals surface area contributed by atoms with Gasteiger partial charge in [0.05, 0.1) is 12.0 Å². The monoisotopic (exact) mass is 240 g/mol. The lowest BCUT2D eigenvalue weighted by molar-refractivity contribution is -0.148. The van der Waals surface area contributed by atoms with Gasteiger partial charge in [0.1, 0.15) is 0 Å². The topological polar surface area (TPSA) is 106 Å². The van der Waals surface area contributed by atoms with Gasteiger partial charge in [-0.15, -0.1) is 0 Å². The summed E-state index contributed by atoms with van der Waals surface area (Å²) in [5, 5.41) is 12.4. The van der Waals surface area contributed by atoms with Crippen LogP contribution in [0.1, 0.15) is 20.3 Å². The van der Waals surface area contributed by atoms with Gasteiger partial charge in [0.2, 0.25) is 5.91 Å². The fourth-order valence-corrected chi connectivity index (χ4v) is 1.82. The number of hydrogen-bond donors (Lipinski definition) is 1. The number of carbonyl (C=O) groups is 2. The second-order valence-electron chi connectivity index (χ2n) is 4.35. The molecule has 1 aliphatic rings. The Morgan fingerprint density at radius 3 is 2.65 bits per heavy atom. The molecule has 0 aromatic rings. The summed E-state index contributed by atoms with van der Waals surface area (Å²) in [5.41, 5.74) is 8.30. The number of rotatable bonds is 4. The van der Waals surface area contributed by atoms with Crippen LogP contribution in [0.25, 0.3) is 10.4 Å². The normalized spacial score (nSPS) is 22.7. The molecule has 17 heavy (non-hydrogen) atoms. The van der Waals surface area contributed by atoms with Crippen molar-refractivity contribution in [1.29, 1.82) is 0 Å². The van der Waals surface area contributed by atoms with Crippen molar-refractivity contribution in [2.75, 3.05) is 13.1 Å². The van der Waals surface area contributed by atoms with Crippen LogP contribution in [0.2, 0.25) is 0 Å². The highest BCUT2D eigenvalue weighted by Crippen LogP contribution is 2.20. The summed E-state index contributed by atoms with van der Waals surface area (Å²) >= 11 is 0. The number of carboxylic acid groups (broad SMARTS) is 1. The SMILES string of the molecule is CC(C(=O)O)C(C)C(=O)N1CCC(N=[N+]=[N-])C1. The van der Waals surface area contributed by atoms with E-state index in [1.54, 1.807) is 11.8 Å². The van der Waals surface area contributed by atoms with Crippen LogP contribution in [0.3, 0.4) is 0 Å². The summed E-state index contributed by atoms with van der Waals surface area (Å²) in [4.78, 5) is 27.0. The number of carboxylic acids is 1. The van der Waals surface area contributed by atoms with E-state index in [0.717, 1.165) is 0 Å². The van der Waals surface area contributed by atoms with E-state index in [4.69, 9.17) is 10.6 Å². The van der Waals surface area contributed by atoms with Gasteiger partial charge in [0.15, 0.2) is 0 Å². The van der Waals surface area contributed by atoms with Gasteiger partial charge in [-0.1, -0.05) is 19.0 Å². The highest BCUT2D eigenvalue weighted by Gasteiger charge is 2.33. The van der Waals surface area contributed by atoms with E-state index in [1.807, 2.05) is 0 Å². The Kier molecular flexibility index (Phi) is 4.34. The molecule has 1 amide bonds. The Hall–Kier alpha value is -1.75. The minimum atomic E-state index is -0.975. The first kappa shape index (κ1) is 13.3. The van der Waals surface area contributed by atoms with Crippen LogP contribution in [0.4, 0.5) is 0 Å². The molecule has 1 rings (SSSR count). The predicted octanol–water partition coefficient (Wildman–Crippen LogP) is 1.25. The van der Waals surface area contributed by atoms with Gasteiger partial charge in [0, 0.05) is 23.9 Å². The van der Waals surface area contributed by atoms with Gasteiger partial charge in [-0.25, -0.2) is 0 Å². The highest BCUT2D eigenvalue weighted by molar-refractivity contribution is 5.84. The van der Waals surface area contributed by atoms with Crippen molar-refractivity contribution < 1.29 is 14.7 Å². The molecule has 0 saturated carbocycles. The van der Waals surface area contributed by atoms with Crippen LogP contribution in [0.15, 0.2) is 5.11 Å². The molecule has 7 heteroatoms. The van der Waals surface area contributed by atoms with Crippen molar-refractivity contribution >= 4 is 11.9 Å². The van der Waals surface area contributed by atoms with Crippen LogP contribution in [0.5, 0.6) is 0 Å². The number of nitrogens with zero attached hydrogens (tertiary/aromatic N) is 4. The summed E-state index contributed by atoms with van der Waals surface area (Å²) < 4.78 is 0. The maximum absolute atomic E-state index is 12.0. The van der Waals surface area contributed by atoms with E-state index in [9.17, 15) is 9.59 Å². The van der Waals surface area contributed by atoms with Gasteiger partial charge < -0.3 is 10.0 Å². The number of likely N-dealkylation sites (tertiary alicyclic amines) is 1. The van der Waals surface area contributed by atoms with Crippen LogP contribution < -0.4 is 0 Å². The number of hydrogen-bond acceptors (Lipinski definition) is 3. The lowest BCUT2D eigenvalue weighted by atomic mass is 9.95. The maximum atomic E-state index is 12.0. The molecule has 1 saturated heterocycles. The molecule has 0 aliphatic carbocycles. The standard InChI is InChI=1S/C10H16N4O3/c1-6(7(2)10(16)17)9(15)14-4-3-8(5-14)12-13-11/h6-8H,3-5H2,1-2H3,(H,16,17). The summed E-state index contributed by atoms with van der Waals surface area (Å²) in [6.45, 7) is 4.05. The Morgan fingerprint density at radius 1 is 1.47 bits per heavy atom.